The first-order chi connectivity index (χ1) is 21.3. The Hall–Kier alpha value is -4.74. The molecule has 2 aliphatic heterocycles. The Balaban J connectivity index is 1.18. The lowest BCUT2D eigenvalue weighted by Crippen LogP contribution is -2.30. The van der Waals surface area contributed by atoms with Crippen LogP contribution in [-0.2, 0) is 6.54 Å². The molecule has 1 unspecified atom stereocenters. The molecule has 1 saturated heterocycles. The number of carbonyl (C=O) groups excluding carboxylic acids is 1. The van der Waals surface area contributed by atoms with Gasteiger partial charge in [0.1, 0.15) is 18.0 Å². The standard InChI is InChI=1S/C32H29ClF2N8O/c1-42(2)23-12-13-43(17-23)39-18-38-31(44)19-6-9-22(10-7-19)40-32-37-16-20-15-36-30(28-26(34)4-3-5-27(28)35)25-14-21(33)8-11-24(25)29(20)41-32/h3-11,14,16,18,23H,12-13,15,17H2,1-2H3,(H,37,40,41)(H,38,39,44). The third-order valence-corrected chi connectivity index (χ3v) is 7.89. The zero-order chi connectivity index (χ0) is 30.8. The Morgan fingerprint density at radius 3 is 2.59 bits per heavy atom. The minimum atomic E-state index is -0.719. The van der Waals surface area contributed by atoms with Gasteiger partial charge in [-0.3, -0.25) is 14.8 Å². The molecule has 0 radical (unpaired) electrons. The van der Waals surface area contributed by atoms with Crippen LogP contribution in [0.3, 0.4) is 0 Å². The van der Waals surface area contributed by atoms with Gasteiger partial charge < -0.3 is 15.5 Å². The molecular formula is C32H29ClF2N8O. The van der Waals surface area contributed by atoms with Crippen molar-refractivity contribution in [1.82, 2.24) is 25.2 Å². The van der Waals surface area contributed by atoms with Crippen LogP contribution in [0.2, 0.25) is 5.02 Å². The molecule has 12 heteroatoms. The van der Waals surface area contributed by atoms with Gasteiger partial charge in [-0.1, -0.05) is 23.7 Å². The number of hydrogen-bond acceptors (Lipinski definition) is 8. The van der Waals surface area contributed by atoms with Crippen molar-refractivity contribution < 1.29 is 13.6 Å². The number of amides is 1. The van der Waals surface area contributed by atoms with Crippen LogP contribution >= 0.6 is 11.6 Å². The van der Waals surface area contributed by atoms with Crippen LogP contribution < -0.4 is 10.6 Å². The summed E-state index contributed by atoms with van der Waals surface area (Å²) in [5.41, 5.74) is 3.40. The average molecular weight is 615 g/mol. The van der Waals surface area contributed by atoms with Crippen LogP contribution in [-0.4, -0.2) is 71.1 Å². The summed E-state index contributed by atoms with van der Waals surface area (Å²) in [5, 5.41) is 12.6. The Kier molecular flexibility index (Phi) is 8.32. The molecule has 1 amide bonds. The topological polar surface area (TPSA) is 98.1 Å². The summed E-state index contributed by atoms with van der Waals surface area (Å²) in [5.74, 6) is -1.41. The number of anilines is 2. The van der Waals surface area contributed by atoms with E-state index in [1.165, 1.54) is 24.5 Å². The van der Waals surface area contributed by atoms with Crippen LogP contribution in [0.25, 0.3) is 11.3 Å². The second-order valence-corrected chi connectivity index (χ2v) is 11.2. The number of carbonyl (C=O) groups is 1. The molecule has 1 atom stereocenters. The Morgan fingerprint density at radius 2 is 1.86 bits per heavy atom. The SMILES string of the molecule is CN(C)C1CCN(N=CNC(=O)c2ccc(Nc3ncc4c(n3)-c3ccc(Cl)cc3C(c3c(F)cccc3F)=NC4)cc2)C1. The van der Waals surface area contributed by atoms with Gasteiger partial charge >= 0.3 is 0 Å². The molecule has 9 nitrogen and oxygen atoms in total. The van der Waals surface area contributed by atoms with Gasteiger partial charge in [0, 0.05) is 51.7 Å². The summed E-state index contributed by atoms with van der Waals surface area (Å²) in [6.07, 6.45) is 4.09. The van der Waals surface area contributed by atoms with Crippen LogP contribution in [0.5, 0.6) is 0 Å². The van der Waals surface area contributed by atoms with E-state index in [9.17, 15) is 13.6 Å². The number of aromatic nitrogens is 2. The highest BCUT2D eigenvalue weighted by molar-refractivity contribution is 6.31. The van der Waals surface area contributed by atoms with Crippen molar-refractivity contribution in [3.63, 3.8) is 0 Å². The molecule has 3 heterocycles. The van der Waals surface area contributed by atoms with E-state index in [-0.39, 0.29) is 23.7 Å². The number of rotatable bonds is 7. The molecule has 2 N–H and O–H groups in total. The van der Waals surface area contributed by atoms with E-state index in [2.05, 4.69) is 44.7 Å². The Morgan fingerprint density at radius 1 is 1.09 bits per heavy atom. The molecule has 0 saturated carbocycles. The second-order valence-electron chi connectivity index (χ2n) is 10.8. The average Bonchev–Trinajstić information content (AvgIpc) is 3.43. The summed E-state index contributed by atoms with van der Waals surface area (Å²) >= 11 is 6.31. The van der Waals surface area contributed by atoms with E-state index in [0.29, 0.717) is 50.6 Å². The summed E-state index contributed by atoms with van der Waals surface area (Å²) in [6.45, 7) is 1.78. The molecular weight excluding hydrogens is 586 g/mol. The number of benzene rings is 3. The number of hydrazone groups is 1. The van der Waals surface area contributed by atoms with Crippen molar-refractivity contribution in [2.24, 2.45) is 10.1 Å². The van der Waals surface area contributed by atoms with Gasteiger partial charge in [-0.25, -0.2) is 18.7 Å². The first kappa shape index (κ1) is 29.3. The fraction of sp³-hybridized carbons (Fsp3) is 0.219. The summed E-state index contributed by atoms with van der Waals surface area (Å²) in [7, 11) is 4.10. The molecule has 2 aliphatic rings. The van der Waals surface area contributed by atoms with Gasteiger partial charge in [0.05, 0.1) is 30.1 Å². The molecule has 3 aromatic carbocycles. The highest BCUT2D eigenvalue weighted by Gasteiger charge is 2.25. The molecule has 0 bridgehead atoms. The number of nitrogens with zero attached hydrogens (tertiary/aromatic N) is 6. The maximum atomic E-state index is 14.8. The zero-order valence-electron chi connectivity index (χ0n) is 24.1. The van der Waals surface area contributed by atoms with Crippen molar-refractivity contribution in [3.8, 4) is 11.3 Å². The second kappa shape index (κ2) is 12.5. The van der Waals surface area contributed by atoms with Crippen LogP contribution in [0.4, 0.5) is 20.4 Å². The van der Waals surface area contributed by atoms with Crippen molar-refractivity contribution >= 4 is 41.2 Å². The zero-order valence-corrected chi connectivity index (χ0v) is 24.8. The molecule has 224 valence electrons. The van der Waals surface area contributed by atoms with Crippen LogP contribution in [0, 0.1) is 11.6 Å². The molecule has 1 aromatic heterocycles. The third-order valence-electron chi connectivity index (χ3n) is 7.66. The first-order valence-corrected chi connectivity index (χ1v) is 14.4. The number of likely N-dealkylation sites (N-methyl/N-ethyl adjacent to an activating group) is 1. The fourth-order valence-corrected chi connectivity index (χ4v) is 5.43. The van der Waals surface area contributed by atoms with E-state index >= 15 is 0 Å². The van der Waals surface area contributed by atoms with Gasteiger partial charge in [0.15, 0.2) is 0 Å². The summed E-state index contributed by atoms with van der Waals surface area (Å²) < 4.78 is 29.6. The van der Waals surface area contributed by atoms with Crippen molar-refractivity contribution in [2.45, 2.75) is 19.0 Å². The smallest absolute Gasteiger partial charge is 0.256 e. The normalized spacial score (nSPS) is 16.0. The number of halogens is 3. The van der Waals surface area contributed by atoms with Crippen LogP contribution in [0.1, 0.15) is 33.5 Å². The van der Waals surface area contributed by atoms with Gasteiger partial charge in [-0.15, -0.1) is 0 Å². The van der Waals surface area contributed by atoms with E-state index in [0.717, 1.165) is 19.5 Å². The molecule has 0 aliphatic carbocycles. The van der Waals surface area contributed by atoms with Crippen molar-refractivity contribution in [2.75, 3.05) is 32.5 Å². The lowest BCUT2D eigenvalue weighted by atomic mass is 9.95. The van der Waals surface area contributed by atoms with E-state index < -0.39 is 11.6 Å². The van der Waals surface area contributed by atoms with Crippen molar-refractivity contribution in [1.29, 1.82) is 0 Å². The minimum Gasteiger partial charge on any atom is -0.324 e. The summed E-state index contributed by atoms with van der Waals surface area (Å²) in [4.78, 5) is 28.5. The molecule has 4 aromatic rings. The predicted molar refractivity (Wildman–Crippen MR) is 168 cm³/mol. The fourth-order valence-electron chi connectivity index (χ4n) is 5.26. The van der Waals surface area contributed by atoms with E-state index in [1.54, 1.807) is 48.7 Å². The van der Waals surface area contributed by atoms with E-state index in [4.69, 9.17) is 16.6 Å². The molecule has 44 heavy (non-hydrogen) atoms. The van der Waals surface area contributed by atoms with Gasteiger partial charge in [-0.05, 0) is 69.0 Å². The number of fused-ring (bicyclic) bond motifs is 3. The van der Waals surface area contributed by atoms with Crippen molar-refractivity contribution in [3.05, 3.63) is 106 Å². The Labute approximate surface area is 258 Å². The third kappa shape index (κ3) is 6.15. The minimum absolute atomic E-state index is 0.117. The highest BCUT2D eigenvalue weighted by Crippen LogP contribution is 2.34. The quantitative estimate of drug-likeness (QED) is 0.211. The summed E-state index contributed by atoms with van der Waals surface area (Å²) in [6, 6.07) is 16.1. The monoisotopic (exact) mass is 614 g/mol. The van der Waals surface area contributed by atoms with Gasteiger partial charge in [0.2, 0.25) is 5.95 Å². The molecule has 1 fully saturated rings. The van der Waals surface area contributed by atoms with Gasteiger partial charge in [-0.2, -0.15) is 5.10 Å². The maximum absolute atomic E-state index is 14.8. The van der Waals surface area contributed by atoms with Gasteiger partial charge in [0.25, 0.3) is 5.91 Å². The first-order valence-electron chi connectivity index (χ1n) is 14.0. The Bertz CT molecular complexity index is 1760. The highest BCUT2D eigenvalue weighted by atomic mass is 35.5. The number of hydrogen-bond donors (Lipinski definition) is 2. The van der Waals surface area contributed by atoms with E-state index in [1.807, 2.05) is 5.01 Å². The lowest BCUT2D eigenvalue weighted by Gasteiger charge is -2.18. The number of nitrogens with one attached hydrogen (secondary N) is 2. The largest absolute Gasteiger partial charge is 0.324 e. The lowest BCUT2D eigenvalue weighted by molar-refractivity contribution is 0.0978. The predicted octanol–water partition coefficient (Wildman–Crippen LogP) is 5.48. The maximum Gasteiger partial charge on any atom is 0.256 e. The van der Waals surface area contributed by atoms with Crippen LogP contribution in [0.15, 0.2) is 77.0 Å². The number of aliphatic imine (C=N–C) groups is 1. The molecule has 0 spiro atoms. The molecule has 6 rings (SSSR count).